The number of hydrazine groups is 1. The van der Waals surface area contributed by atoms with Gasteiger partial charge in [-0.2, -0.15) is 0 Å². The van der Waals surface area contributed by atoms with Gasteiger partial charge in [-0.25, -0.2) is 15.8 Å². The first kappa shape index (κ1) is 12.1. The number of pyridine rings is 1. The molecular formula is C11H14N6O. The van der Waals surface area contributed by atoms with Crippen LogP contribution in [0.15, 0.2) is 30.9 Å². The minimum absolute atomic E-state index is 0.435. The number of nitrogens with zero attached hydrogens (tertiary/aromatic N) is 3. The summed E-state index contributed by atoms with van der Waals surface area (Å²) in [7, 11) is 1.54. The first-order valence-electron chi connectivity index (χ1n) is 5.33. The van der Waals surface area contributed by atoms with Gasteiger partial charge in [0.25, 0.3) is 0 Å². The maximum absolute atomic E-state index is 5.35. The van der Waals surface area contributed by atoms with Crippen LogP contribution in [-0.2, 0) is 6.54 Å². The van der Waals surface area contributed by atoms with Gasteiger partial charge in [-0.15, -0.1) is 0 Å². The summed E-state index contributed by atoms with van der Waals surface area (Å²) in [5.41, 5.74) is 3.55. The average Bonchev–Trinajstić information content (AvgIpc) is 2.45. The highest BCUT2D eigenvalue weighted by Crippen LogP contribution is 2.28. The van der Waals surface area contributed by atoms with Crippen molar-refractivity contribution in [2.24, 2.45) is 5.84 Å². The maximum atomic E-state index is 5.35. The second kappa shape index (κ2) is 5.78. The van der Waals surface area contributed by atoms with Crippen LogP contribution in [-0.4, -0.2) is 22.1 Å². The number of rotatable bonds is 5. The lowest BCUT2D eigenvalue weighted by atomic mass is 10.3. The SMILES string of the molecule is COc1c(NN)ncnc1NCc1ccncc1. The second-order valence-electron chi connectivity index (χ2n) is 3.46. The van der Waals surface area contributed by atoms with E-state index >= 15 is 0 Å². The quantitative estimate of drug-likeness (QED) is 0.529. The Hall–Kier alpha value is -2.41. The van der Waals surface area contributed by atoms with Crippen LogP contribution >= 0.6 is 0 Å². The topological polar surface area (TPSA) is 98.0 Å². The number of hydrogen-bond donors (Lipinski definition) is 3. The summed E-state index contributed by atoms with van der Waals surface area (Å²) in [5, 5.41) is 3.16. The zero-order valence-corrected chi connectivity index (χ0v) is 9.92. The maximum Gasteiger partial charge on any atom is 0.205 e. The van der Waals surface area contributed by atoms with Gasteiger partial charge >= 0.3 is 0 Å². The van der Waals surface area contributed by atoms with Gasteiger partial charge in [0, 0.05) is 18.9 Å². The molecule has 0 aromatic carbocycles. The fourth-order valence-electron chi connectivity index (χ4n) is 1.48. The number of anilines is 2. The monoisotopic (exact) mass is 246 g/mol. The predicted molar refractivity (Wildman–Crippen MR) is 68.0 cm³/mol. The summed E-state index contributed by atoms with van der Waals surface area (Å²) in [6.07, 6.45) is 4.88. The van der Waals surface area contributed by atoms with Crippen LogP contribution in [0.3, 0.4) is 0 Å². The van der Waals surface area contributed by atoms with Gasteiger partial charge in [0.15, 0.2) is 11.6 Å². The van der Waals surface area contributed by atoms with Crippen molar-refractivity contribution < 1.29 is 4.74 Å². The van der Waals surface area contributed by atoms with Crippen molar-refractivity contribution in [3.8, 4) is 5.75 Å². The highest BCUT2D eigenvalue weighted by atomic mass is 16.5. The third-order valence-corrected chi connectivity index (χ3v) is 2.35. The van der Waals surface area contributed by atoms with E-state index in [9.17, 15) is 0 Å². The highest BCUT2D eigenvalue weighted by molar-refractivity contribution is 5.63. The van der Waals surface area contributed by atoms with E-state index in [2.05, 4.69) is 25.7 Å². The van der Waals surface area contributed by atoms with Crippen LogP contribution in [0.5, 0.6) is 5.75 Å². The van der Waals surface area contributed by atoms with E-state index in [1.165, 1.54) is 13.4 Å². The molecule has 0 fully saturated rings. The molecule has 7 nitrogen and oxygen atoms in total. The predicted octanol–water partition coefficient (Wildman–Crippen LogP) is 0.778. The molecule has 0 unspecified atom stereocenters. The van der Waals surface area contributed by atoms with E-state index in [1.807, 2.05) is 12.1 Å². The number of methoxy groups -OCH3 is 1. The lowest BCUT2D eigenvalue weighted by Gasteiger charge is -2.12. The van der Waals surface area contributed by atoms with Crippen LogP contribution in [0, 0.1) is 0 Å². The standard InChI is InChI=1S/C11H14N6O/c1-18-9-10(15-7-16-11(9)17-12)14-6-8-2-4-13-5-3-8/h2-5,7H,6,12H2,1H3,(H2,14,15,16,17). The Bertz CT molecular complexity index is 504. The molecule has 2 aromatic rings. The van der Waals surface area contributed by atoms with E-state index in [-0.39, 0.29) is 0 Å². The van der Waals surface area contributed by atoms with Crippen molar-refractivity contribution >= 4 is 11.6 Å². The summed E-state index contributed by atoms with van der Waals surface area (Å²) in [6, 6.07) is 3.84. The van der Waals surface area contributed by atoms with E-state index in [4.69, 9.17) is 10.6 Å². The van der Waals surface area contributed by atoms with Crippen molar-refractivity contribution in [3.63, 3.8) is 0 Å². The zero-order chi connectivity index (χ0) is 12.8. The van der Waals surface area contributed by atoms with Gasteiger partial charge in [0.1, 0.15) is 6.33 Å². The van der Waals surface area contributed by atoms with Crippen LogP contribution < -0.4 is 21.3 Å². The minimum Gasteiger partial charge on any atom is -0.490 e. The van der Waals surface area contributed by atoms with E-state index in [0.717, 1.165) is 5.56 Å². The van der Waals surface area contributed by atoms with Gasteiger partial charge in [0.05, 0.1) is 7.11 Å². The molecule has 0 aliphatic carbocycles. The fourth-order valence-corrected chi connectivity index (χ4v) is 1.48. The molecule has 0 saturated carbocycles. The summed E-state index contributed by atoms with van der Waals surface area (Å²) in [4.78, 5) is 12.0. The number of ether oxygens (including phenoxy) is 1. The van der Waals surface area contributed by atoms with Gasteiger partial charge in [0.2, 0.25) is 5.75 Å². The van der Waals surface area contributed by atoms with Crippen molar-refractivity contribution in [2.75, 3.05) is 17.9 Å². The Morgan fingerprint density at radius 3 is 2.61 bits per heavy atom. The second-order valence-corrected chi connectivity index (χ2v) is 3.46. The zero-order valence-electron chi connectivity index (χ0n) is 9.92. The molecule has 7 heteroatoms. The molecule has 0 spiro atoms. The molecule has 0 saturated heterocycles. The third kappa shape index (κ3) is 2.64. The molecular weight excluding hydrogens is 232 g/mol. The summed E-state index contributed by atoms with van der Waals surface area (Å²) < 4.78 is 5.21. The molecule has 0 atom stereocenters. The van der Waals surface area contributed by atoms with E-state index in [1.54, 1.807) is 12.4 Å². The normalized spacial score (nSPS) is 9.89. The summed E-state index contributed by atoms with van der Waals surface area (Å²) >= 11 is 0. The first-order chi connectivity index (χ1) is 8.85. The van der Waals surface area contributed by atoms with Crippen molar-refractivity contribution in [2.45, 2.75) is 6.54 Å². The average molecular weight is 246 g/mol. The van der Waals surface area contributed by atoms with Gasteiger partial charge in [-0.05, 0) is 17.7 Å². The molecule has 2 heterocycles. The van der Waals surface area contributed by atoms with Crippen LogP contribution in [0.1, 0.15) is 5.56 Å². The number of nitrogen functional groups attached to an aromatic ring is 1. The van der Waals surface area contributed by atoms with Crippen LogP contribution in [0.25, 0.3) is 0 Å². The molecule has 18 heavy (non-hydrogen) atoms. The number of nitrogens with two attached hydrogens (primary N) is 1. The van der Waals surface area contributed by atoms with E-state index < -0.39 is 0 Å². The Balaban J connectivity index is 2.14. The van der Waals surface area contributed by atoms with E-state index in [0.29, 0.717) is 23.9 Å². The Kier molecular flexibility index (Phi) is 3.87. The number of aromatic nitrogens is 3. The van der Waals surface area contributed by atoms with Crippen molar-refractivity contribution in [3.05, 3.63) is 36.4 Å². The summed E-state index contributed by atoms with van der Waals surface area (Å²) in [6.45, 7) is 0.611. The molecule has 0 aliphatic rings. The Morgan fingerprint density at radius 2 is 1.94 bits per heavy atom. The fraction of sp³-hybridized carbons (Fsp3) is 0.182. The molecule has 2 rings (SSSR count). The van der Waals surface area contributed by atoms with Gasteiger partial charge in [-0.1, -0.05) is 0 Å². The third-order valence-electron chi connectivity index (χ3n) is 2.35. The van der Waals surface area contributed by atoms with Crippen molar-refractivity contribution in [1.82, 2.24) is 15.0 Å². The van der Waals surface area contributed by atoms with Gasteiger partial charge < -0.3 is 15.5 Å². The lowest BCUT2D eigenvalue weighted by molar-refractivity contribution is 0.414. The lowest BCUT2D eigenvalue weighted by Crippen LogP contribution is -2.12. The molecule has 94 valence electrons. The first-order valence-corrected chi connectivity index (χ1v) is 5.33. The largest absolute Gasteiger partial charge is 0.490 e. The Labute approximate surface area is 104 Å². The molecule has 0 aliphatic heterocycles. The number of hydrogen-bond acceptors (Lipinski definition) is 7. The van der Waals surface area contributed by atoms with Gasteiger partial charge in [-0.3, -0.25) is 4.98 Å². The van der Waals surface area contributed by atoms with Crippen LogP contribution in [0.4, 0.5) is 11.6 Å². The molecule has 0 radical (unpaired) electrons. The molecule has 0 amide bonds. The van der Waals surface area contributed by atoms with Crippen LogP contribution in [0.2, 0.25) is 0 Å². The summed E-state index contributed by atoms with van der Waals surface area (Å²) in [5.74, 6) is 6.84. The minimum atomic E-state index is 0.435. The smallest absolute Gasteiger partial charge is 0.205 e. The Morgan fingerprint density at radius 1 is 1.22 bits per heavy atom. The number of nitrogens with one attached hydrogen (secondary N) is 2. The molecule has 0 bridgehead atoms. The molecule has 2 aromatic heterocycles. The van der Waals surface area contributed by atoms with Crippen molar-refractivity contribution in [1.29, 1.82) is 0 Å². The highest BCUT2D eigenvalue weighted by Gasteiger charge is 2.10. The molecule has 4 N–H and O–H groups in total.